The summed E-state index contributed by atoms with van der Waals surface area (Å²) in [4.78, 5) is 4.08. The molecule has 1 heterocycles. The average molecular weight is 191 g/mol. The Morgan fingerprint density at radius 3 is 3.07 bits per heavy atom. The normalized spacial score (nSPS) is 17.4. The van der Waals surface area contributed by atoms with Gasteiger partial charge in [-0.1, -0.05) is 5.57 Å². The Hall–Kier alpha value is -1.09. The minimum atomic E-state index is 0.782. The molecule has 0 atom stereocenters. The molecule has 14 heavy (non-hydrogen) atoms. The van der Waals surface area contributed by atoms with Crippen molar-refractivity contribution in [1.82, 2.24) is 14.9 Å². The van der Waals surface area contributed by atoms with Gasteiger partial charge in [0.1, 0.15) is 0 Å². The lowest BCUT2D eigenvalue weighted by atomic mass is 10.2. The van der Waals surface area contributed by atoms with E-state index in [1.807, 2.05) is 24.1 Å². The SMILES string of the molecule is CC(=Cc1cncn1C)CNC1CC1. The number of nitrogens with zero attached hydrogens (tertiary/aromatic N) is 2. The van der Waals surface area contributed by atoms with Crippen molar-refractivity contribution in [2.75, 3.05) is 6.54 Å². The number of nitrogens with one attached hydrogen (secondary N) is 1. The summed E-state index contributed by atoms with van der Waals surface area (Å²) < 4.78 is 2.03. The van der Waals surface area contributed by atoms with Crippen molar-refractivity contribution >= 4 is 6.08 Å². The highest BCUT2D eigenvalue weighted by molar-refractivity contribution is 5.48. The molecule has 0 amide bonds. The van der Waals surface area contributed by atoms with Gasteiger partial charge in [0.25, 0.3) is 0 Å². The fourth-order valence-corrected chi connectivity index (χ4v) is 1.40. The molecule has 0 spiro atoms. The topological polar surface area (TPSA) is 29.9 Å². The molecule has 3 nitrogen and oxygen atoms in total. The van der Waals surface area contributed by atoms with Gasteiger partial charge in [-0.15, -0.1) is 0 Å². The first-order chi connectivity index (χ1) is 6.75. The summed E-state index contributed by atoms with van der Waals surface area (Å²) in [6.45, 7) is 3.15. The lowest BCUT2D eigenvalue weighted by Crippen LogP contribution is -2.18. The van der Waals surface area contributed by atoms with Crippen LogP contribution in [0.3, 0.4) is 0 Å². The average Bonchev–Trinajstić information content (AvgIpc) is 2.90. The molecule has 0 aromatic carbocycles. The molecule has 1 aliphatic rings. The van der Waals surface area contributed by atoms with Gasteiger partial charge in [-0.25, -0.2) is 4.98 Å². The summed E-state index contributed by atoms with van der Waals surface area (Å²) in [5, 5.41) is 3.49. The second-order valence-electron chi connectivity index (χ2n) is 4.08. The Balaban J connectivity index is 1.91. The van der Waals surface area contributed by atoms with Crippen LogP contribution in [0.25, 0.3) is 6.08 Å². The van der Waals surface area contributed by atoms with Crippen LogP contribution in [0.1, 0.15) is 25.5 Å². The van der Waals surface area contributed by atoms with Gasteiger partial charge in [-0.3, -0.25) is 0 Å². The number of rotatable bonds is 4. The first-order valence-electron chi connectivity index (χ1n) is 5.12. The highest BCUT2D eigenvalue weighted by Gasteiger charge is 2.19. The first kappa shape index (κ1) is 9.46. The van der Waals surface area contributed by atoms with Crippen molar-refractivity contribution in [2.45, 2.75) is 25.8 Å². The fourth-order valence-electron chi connectivity index (χ4n) is 1.40. The van der Waals surface area contributed by atoms with Gasteiger partial charge in [0.2, 0.25) is 0 Å². The number of aromatic nitrogens is 2. The van der Waals surface area contributed by atoms with Gasteiger partial charge >= 0.3 is 0 Å². The molecule has 0 aliphatic heterocycles. The van der Waals surface area contributed by atoms with E-state index in [0.717, 1.165) is 12.6 Å². The Kier molecular flexibility index (Phi) is 2.68. The molecular formula is C11H17N3. The third-order valence-electron chi connectivity index (χ3n) is 2.50. The first-order valence-corrected chi connectivity index (χ1v) is 5.12. The molecule has 1 saturated carbocycles. The highest BCUT2D eigenvalue weighted by Crippen LogP contribution is 2.18. The summed E-state index contributed by atoms with van der Waals surface area (Å²) >= 11 is 0. The third kappa shape index (κ3) is 2.45. The van der Waals surface area contributed by atoms with Crippen LogP contribution in [0.5, 0.6) is 0 Å². The molecule has 0 radical (unpaired) electrons. The second kappa shape index (κ2) is 3.96. The van der Waals surface area contributed by atoms with E-state index < -0.39 is 0 Å². The predicted molar refractivity (Wildman–Crippen MR) is 57.9 cm³/mol. The number of aryl methyl sites for hydroxylation is 1. The number of hydrogen-bond donors (Lipinski definition) is 1. The van der Waals surface area contributed by atoms with E-state index >= 15 is 0 Å². The van der Waals surface area contributed by atoms with Crippen molar-refractivity contribution in [3.8, 4) is 0 Å². The molecule has 76 valence electrons. The van der Waals surface area contributed by atoms with Gasteiger partial charge in [0.15, 0.2) is 0 Å². The van der Waals surface area contributed by atoms with E-state index in [9.17, 15) is 0 Å². The van der Waals surface area contributed by atoms with Gasteiger partial charge in [0.05, 0.1) is 18.2 Å². The zero-order valence-electron chi connectivity index (χ0n) is 8.83. The molecule has 3 heteroatoms. The van der Waals surface area contributed by atoms with Gasteiger partial charge in [-0.2, -0.15) is 0 Å². The third-order valence-corrected chi connectivity index (χ3v) is 2.50. The maximum absolute atomic E-state index is 4.08. The van der Waals surface area contributed by atoms with E-state index in [4.69, 9.17) is 0 Å². The zero-order valence-corrected chi connectivity index (χ0v) is 8.83. The maximum atomic E-state index is 4.08. The van der Waals surface area contributed by atoms with Gasteiger partial charge < -0.3 is 9.88 Å². The van der Waals surface area contributed by atoms with Crippen molar-refractivity contribution in [3.63, 3.8) is 0 Å². The van der Waals surface area contributed by atoms with Crippen molar-refractivity contribution < 1.29 is 0 Å². The minimum absolute atomic E-state index is 0.782. The molecule has 0 bridgehead atoms. The molecule has 1 N–H and O–H groups in total. The molecule has 2 rings (SSSR count). The van der Waals surface area contributed by atoms with Crippen molar-refractivity contribution in [3.05, 3.63) is 23.8 Å². The smallest absolute Gasteiger partial charge is 0.0948 e. The molecular weight excluding hydrogens is 174 g/mol. The van der Waals surface area contributed by atoms with Crippen LogP contribution in [0.4, 0.5) is 0 Å². The van der Waals surface area contributed by atoms with Crippen LogP contribution in [-0.2, 0) is 7.05 Å². The predicted octanol–water partition coefficient (Wildman–Crippen LogP) is 1.58. The summed E-state index contributed by atoms with van der Waals surface area (Å²) in [6.07, 6.45) is 8.59. The molecule has 0 saturated heterocycles. The second-order valence-corrected chi connectivity index (χ2v) is 4.08. The number of imidazole rings is 1. The molecule has 0 unspecified atom stereocenters. The Bertz CT molecular complexity index is 334. The van der Waals surface area contributed by atoms with Crippen LogP contribution >= 0.6 is 0 Å². The summed E-state index contributed by atoms with van der Waals surface area (Å²) in [5.41, 5.74) is 2.53. The van der Waals surface area contributed by atoms with Crippen LogP contribution in [0, 0.1) is 0 Å². The maximum Gasteiger partial charge on any atom is 0.0948 e. The van der Waals surface area contributed by atoms with Crippen molar-refractivity contribution in [1.29, 1.82) is 0 Å². The largest absolute Gasteiger partial charge is 0.334 e. The van der Waals surface area contributed by atoms with Crippen molar-refractivity contribution in [2.24, 2.45) is 7.05 Å². The Morgan fingerprint density at radius 1 is 1.71 bits per heavy atom. The van der Waals surface area contributed by atoms with E-state index in [1.165, 1.54) is 24.1 Å². The highest BCUT2D eigenvalue weighted by atomic mass is 15.0. The number of hydrogen-bond acceptors (Lipinski definition) is 2. The molecule has 1 aromatic rings. The van der Waals surface area contributed by atoms with Gasteiger partial charge in [0, 0.05) is 19.6 Å². The molecule has 1 aromatic heterocycles. The molecule has 1 fully saturated rings. The van der Waals surface area contributed by atoms with Crippen LogP contribution in [0.15, 0.2) is 18.1 Å². The lowest BCUT2D eigenvalue weighted by molar-refractivity contribution is 0.735. The Labute approximate surface area is 84.8 Å². The summed E-state index contributed by atoms with van der Waals surface area (Å²) in [7, 11) is 2.01. The van der Waals surface area contributed by atoms with E-state index in [1.54, 1.807) is 0 Å². The molecule has 1 aliphatic carbocycles. The van der Waals surface area contributed by atoms with Crippen LogP contribution < -0.4 is 5.32 Å². The zero-order chi connectivity index (χ0) is 9.97. The fraction of sp³-hybridized carbons (Fsp3) is 0.545. The van der Waals surface area contributed by atoms with E-state index in [-0.39, 0.29) is 0 Å². The summed E-state index contributed by atoms with van der Waals surface area (Å²) in [5.74, 6) is 0. The Morgan fingerprint density at radius 2 is 2.50 bits per heavy atom. The van der Waals surface area contributed by atoms with E-state index in [0.29, 0.717) is 0 Å². The van der Waals surface area contributed by atoms with E-state index in [2.05, 4.69) is 23.3 Å². The standard InChI is InChI=1S/C11H17N3/c1-9(6-13-10-3-4-10)5-11-7-12-8-14(11)2/h5,7-8,10,13H,3-4,6H2,1-2H3. The van der Waals surface area contributed by atoms with Gasteiger partial charge in [-0.05, 0) is 25.8 Å². The van der Waals surface area contributed by atoms with Crippen LogP contribution in [0.2, 0.25) is 0 Å². The quantitative estimate of drug-likeness (QED) is 0.783. The minimum Gasteiger partial charge on any atom is -0.334 e. The lowest BCUT2D eigenvalue weighted by Gasteiger charge is -2.03. The monoisotopic (exact) mass is 191 g/mol. The summed E-state index contributed by atoms with van der Waals surface area (Å²) in [6, 6.07) is 0.782. The van der Waals surface area contributed by atoms with Crippen LogP contribution in [-0.4, -0.2) is 22.1 Å².